The van der Waals surface area contributed by atoms with Crippen LogP contribution >= 0.6 is 0 Å². The van der Waals surface area contributed by atoms with Crippen LogP contribution in [0.4, 0.5) is 4.39 Å². The molecule has 0 unspecified atom stereocenters. The van der Waals surface area contributed by atoms with Crippen LogP contribution < -0.4 is 0 Å². The molecule has 0 atom stereocenters. The fourth-order valence-electron chi connectivity index (χ4n) is 2.41. The topological polar surface area (TPSA) is 85.5 Å². The Kier molecular flexibility index (Phi) is 5.69. The van der Waals surface area contributed by atoms with Gasteiger partial charge in [-0.2, -0.15) is 0 Å². The lowest BCUT2D eigenvalue weighted by molar-refractivity contribution is 0.0473. The number of aryl methyl sites for hydroxylation is 1. The van der Waals surface area contributed by atoms with Crippen molar-refractivity contribution in [3.8, 4) is 0 Å². The van der Waals surface area contributed by atoms with E-state index < -0.39 is 30.1 Å². The number of esters is 2. The molecule has 2 rings (SSSR count). The highest BCUT2D eigenvalue weighted by Crippen LogP contribution is 2.20. The molecule has 1 N–H and O–H groups in total. The number of aromatic amines is 1. The van der Waals surface area contributed by atoms with Gasteiger partial charge in [0, 0.05) is 11.3 Å². The number of hydrogen-bond acceptors (Lipinski definition) is 5. The molecule has 0 bridgehead atoms. The monoisotopic (exact) mass is 347 g/mol. The maximum absolute atomic E-state index is 13.1. The molecule has 0 spiro atoms. The molecule has 25 heavy (non-hydrogen) atoms. The Morgan fingerprint density at radius 1 is 1.12 bits per heavy atom. The summed E-state index contributed by atoms with van der Waals surface area (Å²) in [6, 6.07) is 5.12. The fourth-order valence-corrected chi connectivity index (χ4v) is 2.41. The molecule has 0 saturated carbocycles. The number of halogens is 1. The largest absolute Gasteiger partial charge is 0.461 e. The number of rotatable bonds is 6. The van der Waals surface area contributed by atoms with E-state index in [4.69, 9.17) is 9.47 Å². The number of carbonyl (C=O) groups is 3. The minimum Gasteiger partial charge on any atom is -0.461 e. The van der Waals surface area contributed by atoms with E-state index in [0.717, 1.165) is 6.07 Å². The molecule has 6 nitrogen and oxygen atoms in total. The van der Waals surface area contributed by atoms with E-state index in [0.29, 0.717) is 11.3 Å². The van der Waals surface area contributed by atoms with Gasteiger partial charge >= 0.3 is 11.9 Å². The minimum atomic E-state index is -0.744. The molecule has 0 radical (unpaired) electrons. The van der Waals surface area contributed by atoms with Crippen LogP contribution in [0.1, 0.15) is 49.4 Å². The number of nitrogens with one attached hydrogen (secondary N) is 1. The lowest BCUT2D eigenvalue weighted by Crippen LogP contribution is -2.15. The van der Waals surface area contributed by atoms with Crippen LogP contribution in [0, 0.1) is 19.7 Å². The van der Waals surface area contributed by atoms with Crippen molar-refractivity contribution in [2.75, 3.05) is 13.2 Å². The van der Waals surface area contributed by atoms with Crippen LogP contribution in [0.3, 0.4) is 0 Å². The van der Waals surface area contributed by atoms with Crippen molar-refractivity contribution >= 4 is 17.7 Å². The molecule has 2 aromatic rings. The van der Waals surface area contributed by atoms with Gasteiger partial charge in [-0.15, -0.1) is 0 Å². The summed E-state index contributed by atoms with van der Waals surface area (Å²) in [5.74, 6) is -2.39. The second kappa shape index (κ2) is 7.74. The molecule has 0 fully saturated rings. The van der Waals surface area contributed by atoms with Gasteiger partial charge in [-0.1, -0.05) is 12.1 Å². The summed E-state index contributed by atoms with van der Waals surface area (Å²) in [5, 5.41) is 0. The van der Waals surface area contributed by atoms with Crippen LogP contribution in [-0.4, -0.2) is 35.9 Å². The summed E-state index contributed by atoms with van der Waals surface area (Å²) in [6.07, 6.45) is 0. The van der Waals surface area contributed by atoms with Crippen molar-refractivity contribution < 1.29 is 28.2 Å². The normalized spacial score (nSPS) is 10.4. The van der Waals surface area contributed by atoms with Crippen molar-refractivity contribution in [1.29, 1.82) is 0 Å². The van der Waals surface area contributed by atoms with E-state index in [1.54, 1.807) is 20.8 Å². The summed E-state index contributed by atoms with van der Waals surface area (Å²) in [4.78, 5) is 38.9. The first kappa shape index (κ1) is 18.4. The van der Waals surface area contributed by atoms with E-state index in [2.05, 4.69) is 4.98 Å². The second-order valence-electron chi connectivity index (χ2n) is 5.36. The molecule has 0 amide bonds. The van der Waals surface area contributed by atoms with Crippen molar-refractivity contribution in [2.24, 2.45) is 0 Å². The Bertz CT molecular complexity index is 825. The summed E-state index contributed by atoms with van der Waals surface area (Å²) in [7, 11) is 0. The number of benzene rings is 1. The molecule has 0 aliphatic carbocycles. The quantitative estimate of drug-likeness (QED) is 0.641. The predicted octanol–water partition coefficient (Wildman–Crippen LogP) is 2.99. The van der Waals surface area contributed by atoms with Crippen molar-refractivity contribution in [1.82, 2.24) is 4.98 Å². The molecule has 0 aliphatic heterocycles. The second-order valence-corrected chi connectivity index (χ2v) is 5.36. The summed E-state index contributed by atoms with van der Waals surface area (Å²) in [5.41, 5.74) is 1.28. The molecule has 0 saturated heterocycles. The fraction of sp³-hybridized carbons (Fsp3) is 0.278. The lowest BCUT2D eigenvalue weighted by atomic mass is 10.1. The highest BCUT2D eigenvalue weighted by Gasteiger charge is 2.24. The van der Waals surface area contributed by atoms with Gasteiger partial charge in [0.2, 0.25) is 0 Å². The van der Waals surface area contributed by atoms with Gasteiger partial charge in [-0.05, 0) is 38.5 Å². The van der Waals surface area contributed by atoms with Gasteiger partial charge in [-0.3, -0.25) is 4.79 Å². The van der Waals surface area contributed by atoms with Crippen LogP contribution in [0.2, 0.25) is 0 Å². The molecular formula is C18H18FNO5. The SMILES string of the molecule is CCOC(=O)c1[nH]c(C)c(C(=O)OCC(=O)c2cccc(F)c2)c1C. The van der Waals surface area contributed by atoms with E-state index in [1.165, 1.54) is 18.2 Å². The van der Waals surface area contributed by atoms with Crippen LogP contribution in [-0.2, 0) is 9.47 Å². The number of ether oxygens (including phenoxy) is 2. The van der Waals surface area contributed by atoms with Gasteiger partial charge in [0.15, 0.2) is 12.4 Å². The van der Waals surface area contributed by atoms with E-state index >= 15 is 0 Å². The molecule has 7 heteroatoms. The van der Waals surface area contributed by atoms with Gasteiger partial charge in [0.1, 0.15) is 11.5 Å². The third kappa shape index (κ3) is 4.12. The number of carbonyl (C=O) groups excluding carboxylic acids is 3. The van der Waals surface area contributed by atoms with Crippen LogP contribution in [0.25, 0.3) is 0 Å². The molecular weight excluding hydrogens is 329 g/mol. The Labute approximate surface area is 143 Å². The molecule has 0 aliphatic rings. The molecule has 1 aromatic carbocycles. The maximum Gasteiger partial charge on any atom is 0.355 e. The lowest BCUT2D eigenvalue weighted by Gasteiger charge is -2.05. The zero-order valence-corrected chi connectivity index (χ0v) is 14.1. The molecule has 132 valence electrons. The highest BCUT2D eigenvalue weighted by molar-refractivity contribution is 6.01. The zero-order valence-electron chi connectivity index (χ0n) is 14.1. The summed E-state index contributed by atoms with van der Waals surface area (Å²) < 4.78 is 23.1. The van der Waals surface area contributed by atoms with Crippen LogP contribution in [0.15, 0.2) is 24.3 Å². The number of aromatic nitrogens is 1. The van der Waals surface area contributed by atoms with Crippen molar-refractivity contribution in [2.45, 2.75) is 20.8 Å². The van der Waals surface area contributed by atoms with Crippen molar-refractivity contribution in [3.05, 3.63) is 58.2 Å². The van der Waals surface area contributed by atoms with E-state index in [9.17, 15) is 18.8 Å². The van der Waals surface area contributed by atoms with E-state index in [-0.39, 0.29) is 23.4 Å². The Morgan fingerprint density at radius 3 is 2.48 bits per heavy atom. The number of Topliss-reactive ketones (excluding diaryl/α,β-unsaturated/α-hetero) is 1. The molecule has 1 heterocycles. The minimum absolute atomic E-state index is 0.113. The predicted molar refractivity (Wildman–Crippen MR) is 87.2 cm³/mol. The van der Waals surface area contributed by atoms with E-state index in [1.807, 2.05) is 0 Å². The van der Waals surface area contributed by atoms with Gasteiger partial charge in [0.25, 0.3) is 0 Å². The van der Waals surface area contributed by atoms with Gasteiger partial charge in [-0.25, -0.2) is 14.0 Å². The van der Waals surface area contributed by atoms with Crippen LogP contribution in [0.5, 0.6) is 0 Å². The maximum atomic E-state index is 13.1. The Balaban J connectivity index is 2.11. The summed E-state index contributed by atoms with van der Waals surface area (Å²) >= 11 is 0. The standard InChI is InChI=1S/C18H18FNO5/c1-4-24-18(23)16-10(2)15(11(3)20-16)17(22)25-9-14(21)12-6-5-7-13(19)8-12/h5-8,20H,4,9H2,1-3H3. The third-order valence-corrected chi connectivity index (χ3v) is 3.60. The number of H-pyrrole nitrogens is 1. The first-order valence-electron chi connectivity index (χ1n) is 7.67. The number of ketones is 1. The average Bonchev–Trinajstić information content (AvgIpc) is 2.87. The average molecular weight is 347 g/mol. The Morgan fingerprint density at radius 2 is 1.84 bits per heavy atom. The first-order valence-corrected chi connectivity index (χ1v) is 7.67. The van der Waals surface area contributed by atoms with Gasteiger partial charge < -0.3 is 14.5 Å². The summed E-state index contributed by atoms with van der Waals surface area (Å²) in [6.45, 7) is 4.55. The third-order valence-electron chi connectivity index (χ3n) is 3.60. The van der Waals surface area contributed by atoms with Gasteiger partial charge in [0.05, 0.1) is 12.2 Å². The number of hydrogen-bond donors (Lipinski definition) is 1. The first-order chi connectivity index (χ1) is 11.8. The van der Waals surface area contributed by atoms with Crippen molar-refractivity contribution in [3.63, 3.8) is 0 Å². The highest BCUT2D eigenvalue weighted by atomic mass is 19.1. The zero-order chi connectivity index (χ0) is 18.6. The molecule has 1 aromatic heterocycles. The Hall–Kier alpha value is -2.96. The smallest absolute Gasteiger partial charge is 0.355 e.